The van der Waals surface area contributed by atoms with Crippen molar-refractivity contribution in [3.63, 3.8) is 0 Å². The van der Waals surface area contributed by atoms with Gasteiger partial charge in [-0.05, 0) is 6.92 Å². The van der Waals surface area contributed by atoms with Gasteiger partial charge in [-0.2, -0.15) is 0 Å². The van der Waals surface area contributed by atoms with E-state index in [0.29, 0.717) is 5.82 Å². The number of aliphatic hydroxyl groups excluding tert-OH is 1. The molecule has 0 aromatic carbocycles. The third-order valence-electron chi connectivity index (χ3n) is 0.915. The molecular weight excluding hydrogens is 152 g/mol. The quantitative estimate of drug-likeness (QED) is 0.683. The molecule has 0 saturated heterocycles. The number of nitrogens with one attached hydrogen (secondary N) is 1. The average molecular weight is 172 g/mol. The number of rotatable bonds is 1. The lowest BCUT2D eigenvalue weighted by atomic mass is 10.4. The van der Waals surface area contributed by atoms with Crippen molar-refractivity contribution in [2.24, 2.45) is 0 Å². The molecule has 1 rings (SSSR count). The Morgan fingerprint density at radius 1 is 1.33 bits per heavy atom. The van der Waals surface area contributed by atoms with Gasteiger partial charge in [0.05, 0.1) is 0 Å². The number of H-pyrrole nitrogens is 1. The van der Waals surface area contributed by atoms with Gasteiger partial charge in [0, 0.05) is 12.4 Å². The predicted octanol–water partition coefficient (Wildman–Crippen LogP) is 2.52. The van der Waals surface area contributed by atoms with E-state index < -0.39 is 6.10 Å². The zero-order chi connectivity index (χ0) is 9.98. The van der Waals surface area contributed by atoms with E-state index in [1.807, 2.05) is 27.7 Å². The fraction of sp³-hybridized carbons (Fsp3) is 0.667. The van der Waals surface area contributed by atoms with Crippen molar-refractivity contribution in [3.05, 3.63) is 18.2 Å². The molecule has 1 aromatic heterocycles. The number of aliphatic hydroxyl groups is 1. The van der Waals surface area contributed by atoms with Crippen LogP contribution in [0.2, 0.25) is 0 Å². The van der Waals surface area contributed by atoms with E-state index in [1.54, 1.807) is 19.3 Å². The molecule has 3 nitrogen and oxygen atoms in total. The fourth-order valence-electron chi connectivity index (χ4n) is 0.506. The van der Waals surface area contributed by atoms with E-state index in [-0.39, 0.29) is 0 Å². The molecule has 12 heavy (non-hydrogen) atoms. The molecule has 0 aliphatic heterocycles. The van der Waals surface area contributed by atoms with E-state index in [1.165, 1.54) is 0 Å². The molecule has 1 atom stereocenters. The first-order chi connectivity index (χ1) is 5.80. The Bertz CT molecular complexity index is 148. The second-order valence-electron chi connectivity index (χ2n) is 1.65. The third kappa shape index (κ3) is 5.92. The highest BCUT2D eigenvalue weighted by Crippen LogP contribution is 2.01. The van der Waals surface area contributed by atoms with Gasteiger partial charge in [-0.1, -0.05) is 27.7 Å². The predicted molar refractivity (Wildman–Crippen MR) is 51.9 cm³/mol. The van der Waals surface area contributed by atoms with E-state index >= 15 is 0 Å². The number of hydrogen-bond acceptors (Lipinski definition) is 2. The van der Waals surface area contributed by atoms with Crippen molar-refractivity contribution >= 4 is 0 Å². The van der Waals surface area contributed by atoms with Crippen molar-refractivity contribution in [2.45, 2.75) is 40.7 Å². The van der Waals surface area contributed by atoms with Gasteiger partial charge in [0.2, 0.25) is 0 Å². The van der Waals surface area contributed by atoms with Crippen molar-refractivity contribution in [1.29, 1.82) is 0 Å². The average Bonchev–Trinajstić information content (AvgIpc) is 2.64. The first-order valence-corrected chi connectivity index (χ1v) is 4.48. The zero-order valence-electron chi connectivity index (χ0n) is 8.63. The topological polar surface area (TPSA) is 48.9 Å². The Hall–Kier alpha value is -0.830. The summed E-state index contributed by atoms with van der Waals surface area (Å²) in [7, 11) is 0. The number of imidazole rings is 1. The summed E-state index contributed by atoms with van der Waals surface area (Å²) in [5.41, 5.74) is 0. The van der Waals surface area contributed by atoms with Crippen LogP contribution in [0.3, 0.4) is 0 Å². The summed E-state index contributed by atoms with van der Waals surface area (Å²) in [4.78, 5) is 6.59. The van der Waals surface area contributed by atoms with Crippen LogP contribution in [-0.4, -0.2) is 15.1 Å². The number of aromatic amines is 1. The summed E-state index contributed by atoms with van der Waals surface area (Å²) < 4.78 is 0. The second-order valence-corrected chi connectivity index (χ2v) is 1.65. The van der Waals surface area contributed by atoms with Crippen LogP contribution >= 0.6 is 0 Å². The highest BCUT2D eigenvalue weighted by molar-refractivity contribution is 4.89. The third-order valence-corrected chi connectivity index (χ3v) is 0.915. The molecule has 0 spiro atoms. The maximum absolute atomic E-state index is 8.82. The van der Waals surface area contributed by atoms with Gasteiger partial charge in [-0.25, -0.2) is 4.98 Å². The minimum absolute atomic E-state index is 0.481. The van der Waals surface area contributed by atoms with Crippen LogP contribution in [0.25, 0.3) is 0 Å². The lowest BCUT2D eigenvalue weighted by molar-refractivity contribution is 0.190. The standard InChI is InChI=1S/C5H8N2O.2C2H6/c1-4(8)5-6-2-3-7-5;2*1-2/h2-4,8H,1H3,(H,6,7);2*1-2H3. The van der Waals surface area contributed by atoms with Crippen molar-refractivity contribution < 1.29 is 5.11 Å². The molecule has 0 aliphatic carbocycles. The molecule has 0 aliphatic rings. The maximum Gasteiger partial charge on any atom is 0.134 e. The van der Waals surface area contributed by atoms with Crippen molar-refractivity contribution in [2.75, 3.05) is 0 Å². The first-order valence-electron chi connectivity index (χ1n) is 4.48. The van der Waals surface area contributed by atoms with E-state index in [0.717, 1.165) is 0 Å². The number of hydrogen-bond donors (Lipinski definition) is 2. The Kier molecular flexibility index (Phi) is 11.6. The smallest absolute Gasteiger partial charge is 0.134 e. The van der Waals surface area contributed by atoms with Crippen LogP contribution in [-0.2, 0) is 0 Å². The van der Waals surface area contributed by atoms with Crippen molar-refractivity contribution in [3.8, 4) is 0 Å². The van der Waals surface area contributed by atoms with Gasteiger partial charge in [0.1, 0.15) is 11.9 Å². The lowest BCUT2D eigenvalue weighted by Gasteiger charge is -1.94. The van der Waals surface area contributed by atoms with E-state index in [2.05, 4.69) is 9.97 Å². The molecule has 1 heterocycles. The number of aromatic nitrogens is 2. The molecule has 1 unspecified atom stereocenters. The van der Waals surface area contributed by atoms with Crippen molar-refractivity contribution in [1.82, 2.24) is 9.97 Å². The van der Waals surface area contributed by atoms with E-state index in [9.17, 15) is 0 Å². The zero-order valence-corrected chi connectivity index (χ0v) is 8.63. The Labute approximate surface area is 74.9 Å². The molecule has 3 heteroatoms. The first kappa shape index (κ1) is 13.7. The second kappa shape index (κ2) is 10.2. The summed E-state index contributed by atoms with van der Waals surface area (Å²) in [5, 5.41) is 8.82. The molecule has 72 valence electrons. The van der Waals surface area contributed by atoms with Crippen LogP contribution in [0.4, 0.5) is 0 Å². The van der Waals surface area contributed by atoms with Gasteiger partial charge in [0.15, 0.2) is 0 Å². The normalized spacial score (nSPS) is 10.2. The molecule has 0 fully saturated rings. The summed E-state index contributed by atoms with van der Waals surface area (Å²) in [6.07, 6.45) is 2.81. The summed E-state index contributed by atoms with van der Waals surface area (Å²) >= 11 is 0. The highest BCUT2D eigenvalue weighted by Gasteiger charge is 1.98. The van der Waals surface area contributed by atoms with E-state index in [4.69, 9.17) is 5.11 Å². The summed E-state index contributed by atoms with van der Waals surface area (Å²) in [6.45, 7) is 9.67. The van der Waals surface area contributed by atoms with Gasteiger partial charge in [-0.15, -0.1) is 0 Å². The fourth-order valence-corrected chi connectivity index (χ4v) is 0.506. The molecule has 0 radical (unpaired) electrons. The molecule has 2 N–H and O–H groups in total. The van der Waals surface area contributed by atoms with Gasteiger partial charge >= 0.3 is 0 Å². The molecule has 0 saturated carbocycles. The van der Waals surface area contributed by atoms with Crippen LogP contribution in [0, 0.1) is 0 Å². The van der Waals surface area contributed by atoms with Gasteiger partial charge in [-0.3, -0.25) is 0 Å². The van der Waals surface area contributed by atoms with Crippen LogP contribution in [0.5, 0.6) is 0 Å². The molecular formula is C9H20N2O. The Balaban J connectivity index is 0. The number of nitrogens with zero attached hydrogens (tertiary/aromatic N) is 1. The Morgan fingerprint density at radius 3 is 2.00 bits per heavy atom. The monoisotopic (exact) mass is 172 g/mol. The largest absolute Gasteiger partial charge is 0.385 e. The molecule has 0 bridgehead atoms. The minimum Gasteiger partial charge on any atom is -0.385 e. The van der Waals surface area contributed by atoms with Gasteiger partial charge < -0.3 is 10.1 Å². The molecule has 1 aromatic rings. The Morgan fingerprint density at radius 2 is 1.83 bits per heavy atom. The van der Waals surface area contributed by atoms with Gasteiger partial charge in [0.25, 0.3) is 0 Å². The maximum atomic E-state index is 8.82. The van der Waals surface area contributed by atoms with Crippen LogP contribution in [0.15, 0.2) is 12.4 Å². The lowest BCUT2D eigenvalue weighted by Crippen LogP contribution is -1.91. The SMILES string of the molecule is CC.CC.CC(O)c1ncc[nH]1. The summed E-state index contributed by atoms with van der Waals surface area (Å²) in [5.74, 6) is 0.616. The van der Waals surface area contributed by atoms with Crippen LogP contribution in [0.1, 0.15) is 46.5 Å². The molecule has 0 amide bonds. The van der Waals surface area contributed by atoms with Crippen LogP contribution < -0.4 is 0 Å². The minimum atomic E-state index is -0.481. The highest BCUT2D eigenvalue weighted by atomic mass is 16.3. The summed E-state index contributed by atoms with van der Waals surface area (Å²) in [6, 6.07) is 0.